The van der Waals surface area contributed by atoms with Crippen molar-refractivity contribution in [3.05, 3.63) is 0 Å². The van der Waals surface area contributed by atoms with Crippen molar-refractivity contribution >= 4 is 15.9 Å². The number of hydrogen-bond donors (Lipinski definition) is 0. The van der Waals surface area contributed by atoms with Crippen molar-refractivity contribution < 1.29 is 0 Å². The van der Waals surface area contributed by atoms with Crippen molar-refractivity contribution in [1.29, 1.82) is 0 Å². The quantitative estimate of drug-likeness (QED) is 0.598. The van der Waals surface area contributed by atoms with Crippen LogP contribution in [0.5, 0.6) is 0 Å². The molecule has 1 saturated carbocycles. The first-order valence-electron chi connectivity index (χ1n) is 3.94. The first-order chi connectivity index (χ1) is 4.38. The van der Waals surface area contributed by atoms with Gasteiger partial charge in [-0.2, -0.15) is 0 Å². The summed E-state index contributed by atoms with van der Waals surface area (Å²) in [6.07, 6.45) is 5.78. The highest BCUT2D eigenvalue weighted by atomic mass is 79.9. The lowest BCUT2D eigenvalue weighted by atomic mass is 10.2. The molecule has 2 atom stereocenters. The van der Waals surface area contributed by atoms with Gasteiger partial charge in [0.1, 0.15) is 0 Å². The topological polar surface area (TPSA) is 0 Å². The van der Waals surface area contributed by atoms with Crippen LogP contribution in [0.1, 0.15) is 32.6 Å². The minimum atomic E-state index is 1.04. The van der Waals surface area contributed by atoms with Gasteiger partial charge in [-0.1, -0.05) is 42.1 Å². The molecule has 0 saturated heterocycles. The Labute approximate surface area is 66.2 Å². The largest absolute Gasteiger partial charge is 0.0925 e. The van der Waals surface area contributed by atoms with Gasteiger partial charge in [-0.05, 0) is 18.3 Å². The second kappa shape index (κ2) is 3.60. The summed E-state index contributed by atoms with van der Waals surface area (Å²) in [5.41, 5.74) is 0. The van der Waals surface area contributed by atoms with E-state index in [9.17, 15) is 0 Å². The Bertz CT molecular complexity index is 80.6. The maximum Gasteiger partial charge on any atom is 0.00624 e. The Kier molecular flexibility index (Phi) is 3.03. The molecular weight excluding hydrogens is 176 g/mol. The minimum absolute atomic E-state index is 1.04. The van der Waals surface area contributed by atoms with E-state index < -0.39 is 0 Å². The van der Waals surface area contributed by atoms with E-state index in [1.165, 1.54) is 31.0 Å². The monoisotopic (exact) mass is 190 g/mol. The molecule has 0 heterocycles. The molecule has 1 aliphatic carbocycles. The van der Waals surface area contributed by atoms with Crippen LogP contribution in [-0.2, 0) is 0 Å². The third-order valence-electron chi connectivity index (χ3n) is 2.20. The van der Waals surface area contributed by atoms with E-state index >= 15 is 0 Å². The molecule has 0 N–H and O–H groups in total. The van der Waals surface area contributed by atoms with Gasteiger partial charge >= 0.3 is 0 Å². The van der Waals surface area contributed by atoms with Gasteiger partial charge in [0.25, 0.3) is 0 Å². The van der Waals surface area contributed by atoms with Crippen LogP contribution in [0.15, 0.2) is 0 Å². The van der Waals surface area contributed by atoms with E-state index in [2.05, 4.69) is 22.9 Å². The molecule has 2 unspecified atom stereocenters. The van der Waals surface area contributed by atoms with Crippen LogP contribution >= 0.6 is 15.9 Å². The summed E-state index contributed by atoms with van der Waals surface area (Å²) in [5, 5.41) is 1.24. The summed E-state index contributed by atoms with van der Waals surface area (Å²) in [6.45, 7) is 2.27. The van der Waals surface area contributed by atoms with Gasteiger partial charge < -0.3 is 0 Å². The standard InChI is InChI=1S/C8H15Br/c1-2-3-4-7-5-8(7)6-9/h7-8H,2-6H2,1H3. The van der Waals surface area contributed by atoms with Crippen molar-refractivity contribution in [2.45, 2.75) is 32.6 Å². The molecule has 1 aliphatic rings. The molecule has 54 valence electrons. The Hall–Kier alpha value is 0.480. The lowest BCUT2D eigenvalue weighted by Crippen LogP contribution is -1.82. The number of unbranched alkanes of at least 4 members (excludes halogenated alkanes) is 1. The lowest BCUT2D eigenvalue weighted by Gasteiger charge is -1.92. The van der Waals surface area contributed by atoms with Crippen molar-refractivity contribution in [2.24, 2.45) is 11.8 Å². The fraction of sp³-hybridized carbons (Fsp3) is 1.00. The molecule has 0 amide bonds. The van der Waals surface area contributed by atoms with Crippen LogP contribution in [-0.4, -0.2) is 5.33 Å². The molecule has 9 heavy (non-hydrogen) atoms. The summed E-state index contributed by atoms with van der Waals surface area (Å²) in [4.78, 5) is 0. The smallest absolute Gasteiger partial charge is 0.00624 e. The highest BCUT2D eigenvalue weighted by molar-refractivity contribution is 9.09. The van der Waals surface area contributed by atoms with Crippen LogP contribution in [0, 0.1) is 11.8 Å². The fourth-order valence-electron chi connectivity index (χ4n) is 1.32. The molecule has 1 heteroatoms. The fourth-order valence-corrected chi connectivity index (χ4v) is 2.11. The predicted molar refractivity (Wildman–Crippen MR) is 44.9 cm³/mol. The van der Waals surface area contributed by atoms with Crippen molar-refractivity contribution in [2.75, 3.05) is 5.33 Å². The van der Waals surface area contributed by atoms with Gasteiger partial charge in [-0.15, -0.1) is 0 Å². The Balaban J connectivity index is 1.92. The molecule has 0 bridgehead atoms. The van der Waals surface area contributed by atoms with Crippen LogP contribution in [0.2, 0.25) is 0 Å². The van der Waals surface area contributed by atoms with E-state index in [1.54, 1.807) is 0 Å². The zero-order valence-electron chi connectivity index (χ0n) is 6.07. The van der Waals surface area contributed by atoms with Gasteiger partial charge in [0.2, 0.25) is 0 Å². The molecule has 0 spiro atoms. The Morgan fingerprint density at radius 1 is 1.44 bits per heavy atom. The third-order valence-corrected chi connectivity index (χ3v) is 3.03. The summed E-state index contributed by atoms with van der Waals surface area (Å²) < 4.78 is 0. The zero-order chi connectivity index (χ0) is 6.69. The van der Waals surface area contributed by atoms with Crippen molar-refractivity contribution in [3.8, 4) is 0 Å². The summed E-state index contributed by atoms with van der Waals surface area (Å²) in [5.74, 6) is 2.13. The molecule has 0 nitrogen and oxygen atoms in total. The molecule has 0 aliphatic heterocycles. The Morgan fingerprint density at radius 3 is 2.67 bits per heavy atom. The first-order valence-corrected chi connectivity index (χ1v) is 5.06. The molecule has 0 aromatic rings. The lowest BCUT2D eigenvalue weighted by molar-refractivity contribution is 0.624. The van der Waals surface area contributed by atoms with Crippen LogP contribution in [0.4, 0.5) is 0 Å². The van der Waals surface area contributed by atoms with Gasteiger partial charge in [0.15, 0.2) is 0 Å². The number of alkyl halides is 1. The molecule has 0 aromatic carbocycles. The number of halogens is 1. The van der Waals surface area contributed by atoms with Gasteiger partial charge in [-0.25, -0.2) is 0 Å². The maximum absolute atomic E-state index is 3.51. The normalized spacial score (nSPS) is 32.7. The average molecular weight is 191 g/mol. The molecular formula is C8H15Br. The molecule has 1 rings (SSSR count). The maximum atomic E-state index is 3.51. The van der Waals surface area contributed by atoms with E-state index in [1.807, 2.05) is 0 Å². The first kappa shape index (κ1) is 7.59. The van der Waals surface area contributed by atoms with E-state index in [0.29, 0.717) is 0 Å². The second-order valence-corrected chi connectivity index (χ2v) is 3.70. The van der Waals surface area contributed by atoms with Gasteiger partial charge in [-0.3, -0.25) is 0 Å². The summed E-state index contributed by atoms with van der Waals surface area (Å²) in [6, 6.07) is 0. The van der Waals surface area contributed by atoms with E-state index in [4.69, 9.17) is 0 Å². The van der Waals surface area contributed by atoms with Crippen molar-refractivity contribution in [3.63, 3.8) is 0 Å². The van der Waals surface area contributed by atoms with E-state index in [0.717, 1.165) is 11.8 Å². The number of hydrogen-bond acceptors (Lipinski definition) is 0. The van der Waals surface area contributed by atoms with Crippen LogP contribution < -0.4 is 0 Å². The van der Waals surface area contributed by atoms with Crippen LogP contribution in [0.25, 0.3) is 0 Å². The highest BCUT2D eigenvalue weighted by Gasteiger charge is 2.34. The second-order valence-electron chi connectivity index (χ2n) is 3.05. The zero-order valence-corrected chi connectivity index (χ0v) is 7.65. The predicted octanol–water partition coefficient (Wildman–Crippen LogP) is 3.21. The van der Waals surface area contributed by atoms with Gasteiger partial charge in [0, 0.05) is 5.33 Å². The molecule has 0 aromatic heterocycles. The molecule has 1 fully saturated rings. The minimum Gasteiger partial charge on any atom is -0.0925 e. The average Bonchev–Trinajstić information content (AvgIpc) is 2.62. The van der Waals surface area contributed by atoms with Crippen LogP contribution in [0.3, 0.4) is 0 Å². The highest BCUT2D eigenvalue weighted by Crippen LogP contribution is 2.43. The van der Waals surface area contributed by atoms with Crippen molar-refractivity contribution in [1.82, 2.24) is 0 Å². The number of rotatable bonds is 4. The third kappa shape index (κ3) is 2.29. The Morgan fingerprint density at radius 2 is 2.22 bits per heavy atom. The van der Waals surface area contributed by atoms with Gasteiger partial charge in [0.05, 0.1) is 0 Å². The van der Waals surface area contributed by atoms with E-state index in [-0.39, 0.29) is 0 Å². The summed E-state index contributed by atoms with van der Waals surface area (Å²) >= 11 is 3.51. The molecule has 0 radical (unpaired) electrons. The SMILES string of the molecule is CCCCC1CC1CBr. The summed E-state index contributed by atoms with van der Waals surface area (Å²) in [7, 11) is 0.